The SMILES string of the molecule is O=C1COc2ccc(-c3csc(-c4ccc5c(c4)CCO5)n3)cc2N1. The number of hydrogen-bond acceptors (Lipinski definition) is 5. The lowest BCUT2D eigenvalue weighted by Crippen LogP contribution is -2.25. The number of nitrogens with one attached hydrogen (secondary N) is 1. The first-order valence-electron chi connectivity index (χ1n) is 8.05. The molecule has 3 heterocycles. The fraction of sp³-hybridized carbons (Fsp3) is 0.158. The highest BCUT2D eigenvalue weighted by atomic mass is 32.1. The fourth-order valence-corrected chi connectivity index (χ4v) is 3.93. The van der Waals surface area contributed by atoms with E-state index in [2.05, 4.69) is 11.4 Å². The lowest BCUT2D eigenvalue weighted by Gasteiger charge is -2.18. The zero-order valence-corrected chi connectivity index (χ0v) is 14.1. The van der Waals surface area contributed by atoms with Gasteiger partial charge in [0.05, 0.1) is 18.0 Å². The van der Waals surface area contributed by atoms with Gasteiger partial charge in [-0.2, -0.15) is 0 Å². The minimum absolute atomic E-state index is 0.0647. The van der Waals surface area contributed by atoms with E-state index in [1.165, 1.54) is 5.56 Å². The minimum Gasteiger partial charge on any atom is -0.493 e. The van der Waals surface area contributed by atoms with E-state index < -0.39 is 0 Å². The van der Waals surface area contributed by atoms with Gasteiger partial charge in [-0.1, -0.05) is 0 Å². The van der Waals surface area contributed by atoms with Crippen LogP contribution >= 0.6 is 11.3 Å². The van der Waals surface area contributed by atoms with Gasteiger partial charge in [-0.05, 0) is 42.0 Å². The number of hydrogen-bond donors (Lipinski definition) is 1. The number of carbonyl (C=O) groups excluding carboxylic acids is 1. The van der Waals surface area contributed by atoms with E-state index in [9.17, 15) is 4.79 Å². The van der Waals surface area contributed by atoms with Crippen LogP contribution in [0.1, 0.15) is 5.56 Å². The number of nitrogens with zero attached hydrogens (tertiary/aromatic N) is 1. The van der Waals surface area contributed by atoms with E-state index >= 15 is 0 Å². The second-order valence-corrected chi connectivity index (χ2v) is 6.86. The Kier molecular flexibility index (Phi) is 3.24. The number of benzene rings is 2. The number of amides is 1. The Morgan fingerprint density at radius 3 is 2.88 bits per heavy atom. The molecule has 2 aliphatic heterocycles. The van der Waals surface area contributed by atoms with Gasteiger partial charge in [-0.3, -0.25) is 4.79 Å². The fourth-order valence-electron chi connectivity index (χ4n) is 3.10. The quantitative estimate of drug-likeness (QED) is 0.765. The summed E-state index contributed by atoms with van der Waals surface area (Å²) in [6.45, 7) is 0.820. The van der Waals surface area contributed by atoms with E-state index in [1.807, 2.05) is 35.7 Å². The largest absolute Gasteiger partial charge is 0.493 e. The van der Waals surface area contributed by atoms with Crippen LogP contribution in [0.15, 0.2) is 41.8 Å². The maximum absolute atomic E-state index is 11.5. The number of rotatable bonds is 2. The molecule has 6 heteroatoms. The third kappa shape index (κ3) is 2.55. The molecule has 5 rings (SSSR count). The molecule has 0 atom stereocenters. The Morgan fingerprint density at radius 1 is 1.04 bits per heavy atom. The molecule has 0 spiro atoms. The number of fused-ring (bicyclic) bond motifs is 2. The monoisotopic (exact) mass is 350 g/mol. The van der Waals surface area contributed by atoms with Gasteiger partial charge in [0.25, 0.3) is 5.91 Å². The van der Waals surface area contributed by atoms with Gasteiger partial charge in [0, 0.05) is 22.9 Å². The summed E-state index contributed by atoms with van der Waals surface area (Å²) in [5.41, 5.74) is 4.88. The predicted molar refractivity (Wildman–Crippen MR) is 96.3 cm³/mol. The second-order valence-electron chi connectivity index (χ2n) is 6.01. The second kappa shape index (κ2) is 5.60. The summed E-state index contributed by atoms with van der Waals surface area (Å²) < 4.78 is 11.0. The van der Waals surface area contributed by atoms with Crippen molar-refractivity contribution >= 4 is 22.9 Å². The molecule has 0 radical (unpaired) electrons. The van der Waals surface area contributed by atoms with Crippen molar-refractivity contribution in [1.29, 1.82) is 0 Å². The molecule has 1 amide bonds. The average Bonchev–Trinajstić information content (AvgIpc) is 3.29. The molecule has 0 fully saturated rings. The van der Waals surface area contributed by atoms with E-state index in [1.54, 1.807) is 11.3 Å². The summed E-state index contributed by atoms with van der Waals surface area (Å²) >= 11 is 1.61. The molecule has 2 aromatic carbocycles. The zero-order chi connectivity index (χ0) is 16.8. The highest BCUT2D eigenvalue weighted by molar-refractivity contribution is 7.13. The van der Waals surface area contributed by atoms with E-state index in [4.69, 9.17) is 14.5 Å². The van der Waals surface area contributed by atoms with Crippen LogP contribution in [0.4, 0.5) is 5.69 Å². The molecule has 0 aliphatic carbocycles. The van der Waals surface area contributed by atoms with Crippen molar-refractivity contribution in [3.8, 4) is 33.3 Å². The summed E-state index contributed by atoms with van der Waals surface area (Å²) in [7, 11) is 0. The molecular formula is C19H14N2O3S. The summed E-state index contributed by atoms with van der Waals surface area (Å²) in [4.78, 5) is 16.3. The first kappa shape index (κ1) is 14.5. The highest BCUT2D eigenvalue weighted by Crippen LogP contribution is 2.36. The molecular weight excluding hydrogens is 336 g/mol. The maximum Gasteiger partial charge on any atom is 0.262 e. The lowest BCUT2D eigenvalue weighted by atomic mass is 10.1. The Balaban J connectivity index is 1.48. The van der Waals surface area contributed by atoms with Crippen LogP contribution in [0.2, 0.25) is 0 Å². The predicted octanol–water partition coefficient (Wildman–Crippen LogP) is 3.74. The van der Waals surface area contributed by atoms with Crippen molar-refractivity contribution in [2.45, 2.75) is 6.42 Å². The van der Waals surface area contributed by atoms with Gasteiger partial charge in [0.2, 0.25) is 0 Å². The summed E-state index contributed by atoms with van der Waals surface area (Å²) in [6, 6.07) is 12.0. The van der Waals surface area contributed by atoms with Crippen molar-refractivity contribution in [3.63, 3.8) is 0 Å². The van der Waals surface area contributed by atoms with E-state index in [0.717, 1.165) is 40.6 Å². The van der Waals surface area contributed by atoms with Crippen LogP contribution in [-0.4, -0.2) is 24.1 Å². The van der Waals surface area contributed by atoms with Crippen molar-refractivity contribution in [2.24, 2.45) is 0 Å². The molecule has 2 aliphatic rings. The van der Waals surface area contributed by atoms with Gasteiger partial charge in [-0.15, -0.1) is 11.3 Å². The van der Waals surface area contributed by atoms with Gasteiger partial charge >= 0.3 is 0 Å². The molecule has 25 heavy (non-hydrogen) atoms. The van der Waals surface area contributed by atoms with Crippen molar-refractivity contribution in [1.82, 2.24) is 4.98 Å². The summed E-state index contributed by atoms with van der Waals surface area (Å²) in [5, 5.41) is 5.84. The van der Waals surface area contributed by atoms with Gasteiger partial charge in [0.1, 0.15) is 16.5 Å². The lowest BCUT2D eigenvalue weighted by molar-refractivity contribution is -0.118. The first-order valence-corrected chi connectivity index (χ1v) is 8.93. The minimum atomic E-state index is -0.135. The number of ether oxygens (including phenoxy) is 2. The number of anilines is 1. The van der Waals surface area contributed by atoms with Gasteiger partial charge in [0.15, 0.2) is 6.61 Å². The highest BCUT2D eigenvalue weighted by Gasteiger charge is 2.18. The number of carbonyl (C=O) groups is 1. The van der Waals surface area contributed by atoms with Crippen molar-refractivity contribution in [2.75, 3.05) is 18.5 Å². The molecule has 124 valence electrons. The third-order valence-electron chi connectivity index (χ3n) is 4.35. The normalized spacial score (nSPS) is 15.0. The molecule has 3 aromatic rings. The Morgan fingerprint density at radius 2 is 1.92 bits per heavy atom. The van der Waals surface area contributed by atoms with Crippen LogP contribution in [0.25, 0.3) is 21.8 Å². The Bertz CT molecular complexity index is 996. The molecule has 5 nitrogen and oxygen atoms in total. The molecule has 1 N–H and O–H groups in total. The number of aromatic nitrogens is 1. The molecule has 0 bridgehead atoms. The number of thiazole rings is 1. The maximum atomic E-state index is 11.5. The first-order chi connectivity index (χ1) is 12.3. The Labute approximate surface area is 148 Å². The molecule has 0 saturated carbocycles. The van der Waals surface area contributed by atoms with E-state index in [-0.39, 0.29) is 12.5 Å². The molecule has 0 unspecified atom stereocenters. The smallest absolute Gasteiger partial charge is 0.262 e. The van der Waals surface area contributed by atoms with Crippen LogP contribution in [0, 0.1) is 0 Å². The molecule has 1 aromatic heterocycles. The topological polar surface area (TPSA) is 60.5 Å². The van der Waals surface area contributed by atoms with Crippen LogP contribution in [-0.2, 0) is 11.2 Å². The van der Waals surface area contributed by atoms with Crippen LogP contribution in [0.3, 0.4) is 0 Å². The van der Waals surface area contributed by atoms with Crippen molar-refractivity contribution in [3.05, 3.63) is 47.3 Å². The average molecular weight is 350 g/mol. The summed E-state index contributed by atoms with van der Waals surface area (Å²) in [6.07, 6.45) is 0.950. The van der Waals surface area contributed by atoms with Crippen molar-refractivity contribution < 1.29 is 14.3 Å². The third-order valence-corrected chi connectivity index (χ3v) is 5.24. The van der Waals surface area contributed by atoms with Gasteiger partial charge < -0.3 is 14.8 Å². The standard InChI is InChI=1S/C19H14N2O3S/c22-18-9-24-17-4-1-11(8-14(17)20-18)15-10-25-19(21-15)13-2-3-16-12(7-13)5-6-23-16/h1-4,7-8,10H,5-6,9H2,(H,20,22). The molecule has 0 saturated heterocycles. The van der Waals surface area contributed by atoms with Crippen LogP contribution < -0.4 is 14.8 Å². The van der Waals surface area contributed by atoms with Gasteiger partial charge in [-0.25, -0.2) is 4.98 Å². The van der Waals surface area contributed by atoms with E-state index in [0.29, 0.717) is 11.4 Å². The van der Waals surface area contributed by atoms with Crippen LogP contribution in [0.5, 0.6) is 11.5 Å². The zero-order valence-electron chi connectivity index (χ0n) is 13.2. The Hall–Kier alpha value is -2.86. The summed E-state index contributed by atoms with van der Waals surface area (Å²) in [5.74, 6) is 1.53.